The van der Waals surface area contributed by atoms with E-state index in [-0.39, 0.29) is 5.69 Å². The van der Waals surface area contributed by atoms with E-state index in [0.717, 1.165) is 6.07 Å². The van der Waals surface area contributed by atoms with E-state index in [2.05, 4.69) is 9.88 Å². The van der Waals surface area contributed by atoms with Crippen LogP contribution in [-0.2, 0) is 10.0 Å². The van der Waals surface area contributed by atoms with E-state index in [1.165, 1.54) is 12.1 Å². The van der Waals surface area contributed by atoms with Crippen LogP contribution in [0.2, 0.25) is 0 Å². The molecule has 0 saturated carbocycles. The molecule has 0 amide bonds. The average Bonchev–Trinajstić information content (AvgIpc) is 2.67. The van der Waals surface area contributed by atoms with Crippen LogP contribution in [0.1, 0.15) is 30.0 Å². The average molecular weight is 313 g/mol. The highest BCUT2D eigenvalue weighted by Crippen LogP contribution is 2.26. The molecule has 6 nitrogen and oxygen atoms in total. The number of benzene rings is 1. The molecule has 1 aromatic carbocycles. The lowest BCUT2D eigenvalue weighted by Gasteiger charge is -2.15. The third-order valence-electron chi connectivity index (χ3n) is 3.12. The van der Waals surface area contributed by atoms with Crippen LogP contribution in [0.15, 0.2) is 27.6 Å². The molecule has 0 bridgehead atoms. The number of aromatic nitrogens is 1. The Hall–Kier alpha value is -1.93. The van der Waals surface area contributed by atoms with Crippen molar-refractivity contribution in [1.82, 2.24) is 9.88 Å². The summed E-state index contributed by atoms with van der Waals surface area (Å²) < 4.78 is 45.8. The zero-order chi connectivity index (χ0) is 15.8. The van der Waals surface area contributed by atoms with Crippen LogP contribution in [0.25, 0.3) is 0 Å². The van der Waals surface area contributed by atoms with Crippen LogP contribution in [0, 0.1) is 19.7 Å². The van der Waals surface area contributed by atoms with Crippen LogP contribution >= 0.6 is 0 Å². The molecule has 0 aliphatic rings. The van der Waals surface area contributed by atoms with Crippen molar-refractivity contribution in [3.63, 3.8) is 0 Å². The summed E-state index contributed by atoms with van der Waals surface area (Å²) in [6, 6.07) is 3.10. The summed E-state index contributed by atoms with van der Waals surface area (Å²) in [5.41, 5.74) is 6.62. The van der Waals surface area contributed by atoms with Gasteiger partial charge in [-0.2, -0.15) is 0 Å². The topological polar surface area (TPSA) is 98.2 Å². The van der Waals surface area contributed by atoms with Crippen molar-refractivity contribution in [2.45, 2.75) is 31.7 Å². The molecule has 0 aliphatic heterocycles. The van der Waals surface area contributed by atoms with Crippen molar-refractivity contribution < 1.29 is 17.3 Å². The molecule has 114 valence electrons. The standard InChI is InChI=1S/C13H16FN3O3S/c1-7-12(9(3)20-16-7)8(2)17-21(18,19)13-10(14)5-4-6-11(13)15/h4-6,8,17H,15H2,1-3H3. The fourth-order valence-corrected chi connectivity index (χ4v) is 3.67. The fraction of sp³-hybridized carbons (Fsp3) is 0.308. The van der Waals surface area contributed by atoms with E-state index in [9.17, 15) is 12.8 Å². The maximum absolute atomic E-state index is 13.8. The summed E-state index contributed by atoms with van der Waals surface area (Å²) in [5, 5.41) is 3.77. The number of nitrogens with two attached hydrogens (primary N) is 1. The summed E-state index contributed by atoms with van der Waals surface area (Å²) in [4.78, 5) is -0.552. The molecular weight excluding hydrogens is 297 g/mol. The first-order valence-electron chi connectivity index (χ1n) is 6.23. The van der Waals surface area contributed by atoms with E-state index in [1.54, 1.807) is 20.8 Å². The summed E-state index contributed by atoms with van der Waals surface area (Å²) in [6.07, 6.45) is 0. The minimum absolute atomic E-state index is 0.145. The molecule has 21 heavy (non-hydrogen) atoms. The highest BCUT2D eigenvalue weighted by molar-refractivity contribution is 7.89. The van der Waals surface area contributed by atoms with Gasteiger partial charge in [-0.1, -0.05) is 11.2 Å². The third kappa shape index (κ3) is 2.91. The minimum atomic E-state index is -4.10. The number of sulfonamides is 1. The minimum Gasteiger partial charge on any atom is -0.398 e. The second kappa shape index (κ2) is 5.45. The number of hydrogen-bond donors (Lipinski definition) is 2. The van der Waals surface area contributed by atoms with Gasteiger partial charge in [0.25, 0.3) is 0 Å². The molecule has 8 heteroatoms. The van der Waals surface area contributed by atoms with Crippen LogP contribution in [0.5, 0.6) is 0 Å². The van der Waals surface area contributed by atoms with Crippen molar-refractivity contribution in [1.29, 1.82) is 0 Å². The van der Waals surface area contributed by atoms with E-state index in [1.807, 2.05) is 0 Å². The molecule has 0 fully saturated rings. The zero-order valence-corrected chi connectivity index (χ0v) is 12.7. The molecule has 1 aromatic heterocycles. The second-order valence-corrected chi connectivity index (χ2v) is 6.39. The Balaban J connectivity index is 2.39. The first-order chi connectivity index (χ1) is 9.74. The van der Waals surface area contributed by atoms with E-state index in [0.29, 0.717) is 17.0 Å². The molecular formula is C13H16FN3O3S. The zero-order valence-electron chi connectivity index (χ0n) is 11.8. The quantitative estimate of drug-likeness (QED) is 0.842. The number of aryl methyl sites for hydroxylation is 2. The summed E-state index contributed by atoms with van der Waals surface area (Å²) in [5.74, 6) is -0.391. The predicted octanol–water partition coefficient (Wildman–Crippen LogP) is 2.05. The number of nitrogen functional groups attached to an aromatic ring is 1. The van der Waals surface area contributed by atoms with Gasteiger partial charge < -0.3 is 10.3 Å². The van der Waals surface area contributed by atoms with Gasteiger partial charge in [0, 0.05) is 11.6 Å². The predicted molar refractivity (Wildman–Crippen MR) is 75.5 cm³/mol. The Morgan fingerprint density at radius 2 is 2.05 bits per heavy atom. The molecule has 0 radical (unpaired) electrons. The van der Waals surface area contributed by atoms with Gasteiger partial charge in [-0.15, -0.1) is 0 Å². The monoisotopic (exact) mass is 313 g/mol. The first-order valence-corrected chi connectivity index (χ1v) is 7.71. The van der Waals surface area contributed by atoms with Crippen LogP contribution in [0.4, 0.5) is 10.1 Å². The van der Waals surface area contributed by atoms with E-state index >= 15 is 0 Å². The summed E-state index contributed by atoms with van der Waals surface area (Å²) >= 11 is 0. The number of anilines is 1. The Labute approximate surface area is 122 Å². The number of hydrogen-bond acceptors (Lipinski definition) is 5. The lowest BCUT2D eigenvalue weighted by Crippen LogP contribution is -2.29. The Morgan fingerprint density at radius 1 is 1.38 bits per heavy atom. The van der Waals surface area contributed by atoms with Gasteiger partial charge in [0.1, 0.15) is 16.5 Å². The number of rotatable bonds is 4. The SMILES string of the molecule is Cc1noc(C)c1C(C)NS(=O)(=O)c1c(N)cccc1F. The van der Waals surface area contributed by atoms with Gasteiger partial charge in [0.2, 0.25) is 10.0 Å². The van der Waals surface area contributed by atoms with Gasteiger partial charge >= 0.3 is 0 Å². The van der Waals surface area contributed by atoms with Gasteiger partial charge in [0.15, 0.2) is 0 Å². The molecule has 2 rings (SSSR count). The number of nitrogens with one attached hydrogen (secondary N) is 1. The van der Waals surface area contributed by atoms with Crippen LogP contribution in [-0.4, -0.2) is 13.6 Å². The molecule has 1 unspecified atom stereocenters. The number of halogens is 1. The fourth-order valence-electron chi connectivity index (χ4n) is 2.27. The molecule has 1 atom stereocenters. The maximum atomic E-state index is 13.8. The van der Waals surface area contributed by atoms with Gasteiger partial charge in [-0.25, -0.2) is 17.5 Å². The van der Waals surface area contributed by atoms with Crippen molar-refractivity contribution in [2.75, 3.05) is 5.73 Å². The molecule has 0 aliphatic carbocycles. The maximum Gasteiger partial charge on any atom is 0.246 e. The Morgan fingerprint density at radius 3 is 2.57 bits per heavy atom. The van der Waals surface area contributed by atoms with Crippen LogP contribution < -0.4 is 10.5 Å². The molecule has 1 heterocycles. The highest BCUT2D eigenvalue weighted by Gasteiger charge is 2.27. The summed E-state index contributed by atoms with van der Waals surface area (Å²) in [7, 11) is -4.10. The van der Waals surface area contributed by atoms with Crippen molar-refractivity contribution in [2.24, 2.45) is 0 Å². The normalized spacial score (nSPS) is 13.3. The smallest absolute Gasteiger partial charge is 0.246 e. The first kappa shape index (κ1) is 15.5. The Bertz CT molecular complexity index is 731. The van der Waals surface area contributed by atoms with Crippen molar-refractivity contribution in [3.05, 3.63) is 41.0 Å². The highest BCUT2D eigenvalue weighted by atomic mass is 32.2. The van der Waals surface area contributed by atoms with Crippen molar-refractivity contribution >= 4 is 15.7 Å². The molecule has 0 saturated heterocycles. The molecule has 3 N–H and O–H groups in total. The van der Waals surface area contributed by atoms with E-state index < -0.39 is 26.8 Å². The van der Waals surface area contributed by atoms with Gasteiger partial charge in [0.05, 0.1) is 11.4 Å². The lowest BCUT2D eigenvalue weighted by molar-refractivity contribution is 0.391. The summed E-state index contributed by atoms with van der Waals surface area (Å²) in [6.45, 7) is 5.01. The number of nitrogens with zero attached hydrogens (tertiary/aromatic N) is 1. The van der Waals surface area contributed by atoms with E-state index in [4.69, 9.17) is 10.3 Å². The van der Waals surface area contributed by atoms with Gasteiger partial charge in [-0.3, -0.25) is 0 Å². The second-order valence-electron chi connectivity index (χ2n) is 4.74. The van der Waals surface area contributed by atoms with Gasteiger partial charge in [-0.05, 0) is 32.9 Å². The largest absolute Gasteiger partial charge is 0.398 e. The molecule has 0 spiro atoms. The van der Waals surface area contributed by atoms with Crippen LogP contribution in [0.3, 0.4) is 0 Å². The molecule has 2 aromatic rings. The third-order valence-corrected chi connectivity index (χ3v) is 4.75. The lowest BCUT2D eigenvalue weighted by atomic mass is 10.1. The Kier molecular flexibility index (Phi) is 4.02. The van der Waals surface area contributed by atoms with Crippen molar-refractivity contribution in [3.8, 4) is 0 Å².